The van der Waals surface area contributed by atoms with E-state index in [1.807, 2.05) is 4.90 Å². The highest BCUT2D eigenvalue weighted by Gasteiger charge is 2.18. The monoisotopic (exact) mass is 314 g/mol. The van der Waals surface area contributed by atoms with Gasteiger partial charge in [-0.15, -0.1) is 0 Å². The van der Waals surface area contributed by atoms with Crippen molar-refractivity contribution < 1.29 is 4.79 Å². The summed E-state index contributed by atoms with van der Waals surface area (Å²) in [5.74, 6) is 0.743. The number of fused-ring (bicyclic) bond motifs is 1. The van der Waals surface area contributed by atoms with Gasteiger partial charge in [-0.25, -0.2) is 4.98 Å². The maximum atomic E-state index is 12.2. The summed E-state index contributed by atoms with van der Waals surface area (Å²) in [6.45, 7) is 6.07. The topological polar surface area (TPSA) is 33.2 Å². The van der Waals surface area contributed by atoms with Crippen molar-refractivity contribution in [1.29, 1.82) is 0 Å². The fourth-order valence-electron chi connectivity index (χ4n) is 2.87. The van der Waals surface area contributed by atoms with Crippen LogP contribution in [0.5, 0.6) is 0 Å². The van der Waals surface area contributed by atoms with E-state index in [1.165, 1.54) is 16.5 Å². The van der Waals surface area contributed by atoms with E-state index in [1.54, 1.807) is 11.8 Å². The van der Waals surface area contributed by atoms with Gasteiger partial charge in [0.1, 0.15) is 5.03 Å². The molecule has 1 aromatic carbocycles. The molecule has 1 aliphatic rings. The number of aromatic nitrogens is 1. The SMILES string of the molecule is CCc1cc2ccc(C)cc2nc1SCC(=O)N1CCCC1. The van der Waals surface area contributed by atoms with Crippen LogP contribution in [0.4, 0.5) is 0 Å². The van der Waals surface area contributed by atoms with Gasteiger partial charge < -0.3 is 4.90 Å². The van der Waals surface area contributed by atoms with Crippen LogP contribution in [0.25, 0.3) is 10.9 Å². The van der Waals surface area contributed by atoms with Crippen LogP contribution in [0.1, 0.15) is 30.9 Å². The van der Waals surface area contributed by atoms with Crippen molar-refractivity contribution in [3.8, 4) is 0 Å². The highest BCUT2D eigenvalue weighted by atomic mass is 32.2. The Balaban J connectivity index is 1.80. The maximum Gasteiger partial charge on any atom is 0.232 e. The standard InChI is InChI=1S/C18H22N2OS/c1-3-14-11-15-7-6-13(2)10-16(15)19-18(14)22-12-17(21)20-8-4-5-9-20/h6-7,10-11H,3-5,8-9,12H2,1-2H3. The molecule has 3 rings (SSSR count). The van der Waals surface area contributed by atoms with Crippen molar-refractivity contribution in [2.75, 3.05) is 18.8 Å². The van der Waals surface area contributed by atoms with Crippen LogP contribution in [-0.4, -0.2) is 34.6 Å². The number of aryl methyl sites for hydroxylation is 2. The Bertz CT molecular complexity index is 693. The molecule has 0 unspecified atom stereocenters. The van der Waals surface area contributed by atoms with Crippen molar-refractivity contribution in [2.45, 2.75) is 38.1 Å². The number of hydrogen-bond donors (Lipinski definition) is 0. The minimum Gasteiger partial charge on any atom is -0.342 e. The Morgan fingerprint density at radius 2 is 2.05 bits per heavy atom. The fraction of sp³-hybridized carbons (Fsp3) is 0.444. The van der Waals surface area contributed by atoms with Gasteiger partial charge in [0.25, 0.3) is 0 Å². The van der Waals surface area contributed by atoms with Crippen LogP contribution >= 0.6 is 11.8 Å². The first-order valence-corrected chi connectivity index (χ1v) is 8.97. The van der Waals surface area contributed by atoms with Crippen LogP contribution in [0.15, 0.2) is 29.3 Å². The van der Waals surface area contributed by atoms with Crippen molar-refractivity contribution in [3.63, 3.8) is 0 Å². The number of thioether (sulfide) groups is 1. The van der Waals surface area contributed by atoms with E-state index in [0.717, 1.165) is 42.9 Å². The molecule has 1 fully saturated rings. The molecule has 22 heavy (non-hydrogen) atoms. The Kier molecular flexibility index (Phi) is 4.67. The minimum atomic E-state index is 0.246. The van der Waals surface area contributed by atoms with Gasteiger partial charge in [-0.2, -0.15) is 0 Å². The van der Waals surface area contributed by atoms with Gasteiger partial charge >= 0.3 is 0 Å². The van der Waals surface area contributed by atoms with Crippen molar-refractivity contribution in [1.82, 2.24) is 9.88 Å². The molecule has 0 N–H and O–H groups in total. The second-order valence-corrected chi connectivity index (χ2v) is 6.84. The molecule has 2 heterocycles. The predicted octanol–water partition coefficient (Wildman–Crippen LogP) is 3.82. The second kappa shape index (κ2) is 6.69. The summed E-state index contributed by atoms with van der Waals surface area (Å²) >= 11 is 1.58. The zero-order valence-corrected chi connectivity index (χ0v) is 14.1. The molecule has 4 heteroatoms. The van der Waals surface area contributed by atoms with Crippen LogP contribution < -0.4 is 0 Å². The molecule has 116 valence electrons. The van der Waals surface area contributed by atoms with Gasteiger partial charge in [-0.1, -0.05) is 30.8 Å². The van der Waals surface area contributed by atoms with E-state index in [9.17, 15) is 4.79 Å². The average molecular weight is 314 g/mol. The molecule has 1 aromatic heterocycles. The maximum absolute atomic E-state index is 12.2. The first kappa shape index (κ1) is 15.3. The molecule has 0 bridgehead atoms. The van der Waals surface area contributed by atoms with E-state index in [2.05, 4.69) is 38.1 Å². The molecule has 3 nitrogen and oxygen atoms in total. The summed E-state index contributed by atoms with van der Waals surface area (Å²) in [7, 11) is 0. The van der Waals surface area contributed by atoms with Gasteiger partial charge in [0.2, 0.25) is 5.91 Å². The first-order chi connectivity index (χ1) is 10.7. The summed E-state index contributed by atoms with van der Waals surface area (Å²) in [5, 5.41) is 2.19. The Labute approximate surface area is 136 Å². The Hall–Kier alpha value is -1.55. The highest BCUT2D eigenvalue weighted by Crippen LogP contribution is 2.26. The van der Waals surface area contributed by atoms with Crippen molar-refractivity contribution in [2.24, 2.45) is 0 Å². The quantitative estimate of drug-likeness (QED) is 0.804. The number of pyridine rings is 1. The number of likely N-dealkylation sites (tertiary alicyclic amines) is 1. The molecule has 0 radical (unpaired) electrons. The third-order valence-electron chi connectivity index (χ3n) is 4.18. The van der Waals surface area contributed by atoms with Gasteiger partial charge in [0.05, 0.1) is 11.3 Å². The lowest BCUT2D eigenvalue weighted by Gasteiger charge is -2.15. The zero-order chi connectivity index (χ0) is 15.5. The van der Waals surface area contributed by atoms with Gasteiger partial charge in [0, 0.05) is 18.5 Å². The summed E-state index contributed by atoms with van der Waals surface area (Å²) < 4.78 is 0. The lowest BCUT2D eigenvalue weighted by Crippen LogP contribution is -2.29. The smallest absolute Gasteiger partial charge is 0.232 e. The third kappa shape index (κ3) is 3.27. The van der Waals surface area contributed by atoms with E-state index < -0.39 is 0 Å². The van der Waals surface area contributed by atoms with E-state index >= 15 is 0 Å². The fourth-order valence-corrected chi connectivity index (χ4v) is 3.86. The molecule has 0 atom stereocenters. The summed E-state index contributed by atoms with van der Waals surface area (Å²) in [4.78, 5) is 19.0. The number of nitrogens with zero attached hydrogens (tertiary/aromatic N) is 2. The number of amides is 1. The molecule has 0 spiro atoms. The minimum absolute atomic E-state index is 0.246. The van der Waals surface area contributed by atoms with Gasteiger partial charge in [-0.3, -0.25) is 4.79 Å². The van der Waals surface area contributed by atoms with Crippen LogP contribution in [0.2, 0.25) is 0 Å². The largest absolute Gasteiger partial charge is 0.342 e. The van der Waals surface area contributed by atoms with Crippen LogP contribution in [0, 0.1) is 6.92 Å². The van der Waals surface area contributed by atoms with Crippen molar-refractivity contribution in [3.05, 3.63) is 35.4 Å². The average Bonchev–Trinajstić information content (AvgIpc) is 3.06. The van der Waals surface area contributed by atoms with Gasteiger partial charge in [0.15, 0.2) is 0 Å². The number of hydrogen-bond acceptors (Lipinski definition) is 3. The number of rotatable bonds is 4. The lowest BCUT2D eigenvalue weighted by molar-refractivity contribution is -0.127. The highest BCUT2D eigenvalue weighted by molar-refractivity contribution is 7.99. The Morgan fingerprint density at radius 1 is 1.27 bits per heavy atom. The van der Waals surface area contributed by atoms with E-state index in [-0.39, 0.29) is 5.91 Å². The van der Waals surface area contributed by atoms with E-state index in [4.69, 9.17) is 4.98 Å². The summed E-state index contributed by atoms with van der Waals surface area (Å²) in [6, 6.07) is 8.57. The Morgan fingerprint density at radius 3 is 2.77 bits per heavy atom. The van der Waals surface area contributed by atoms with E-state index in [0.29, 0.717) is 5.75 Å². The lowest BCUT2D eigenvalue weighted by atomic mass is 10.1. The summed E-state index contributed by atoms with van der Waals surface area (Å²) in [6.07, 6.45) is 3.23. The number of carbonyl (C=O) groups excluding carboxylic acids is 1. The first-order valence-electron chi connectivity index (χ1n) is 7.98. The predicted molar refractivity (Wildman–Crippen MR) is 92.4 cm³/mol. The zero-order valence-electron chi connectivity index (χ0n) is 13.3. The second-order valence-electron chi connectivity index (χ2n) is 5.88. The molecule has 1 amide bonds. The van der Waals surface area contributed by atoms with Gasteiger partial charge in [-0.05, 0) is 49.4 Å². The molecular weight excluding hydrogens is 292 g/mol. The summed E-state index contributed by atoms with van der Waals surface area (Å²) in [5.41, 5.74) is 3.47. The number of carbonyl (C=O) groups is 1. The number of benzene rings is 1. The molecule has 1 aliphatic heterocycles. The molecular formula is C18H22N2OS. The van der Waals surface area contributed by atoms with Crippen LogP contribution in [-0.2, 0) is 11.2 Å². The van der Waals surface area contributed by atoms with Crippen molar-refractivity contribution >= 4 is 28.6 Å². The molecule has 1 saturated heterocycles. The third-order valence-corrected chi connectivity index (χ3v) is 5.20. The molecule has 0 saturated carbocycles. The van der Waals surface area contributed by atoms with Crippen LogP contribution in [0.3, 0.4) is 0 Å². The molecule has 2 aromatic rings. The molecule has 0 aliphatic carbocycles. The normalized spacial score (nSPS) is 14.7.